The molecule has 0 aliphatic heterocycles. The van der Waals surface area contributed by atoms with Crippen LogP contribution >= 0.6 is 11.3 Å². The first-order valence-corrected chi connectivity index (χ1v) is 16.1. The summed E-state index contributed by atoms with van der Waals surface area (Å²) in [5, 5.41) is 1.45. The molecule has 7 aromatic carbocycles. The van der Waals surface area contributed by atoms with E-state index in [2.05, 4.69) is 0 Å². The molecule has 0 saturated heterocycles. The highest BCUT2D eigenvalue weighted by atomic mass is 32.1. The van der Waals surface area contributed by atoms with Crippen molar-refractivity contribution in [2.45, 2.75) is 0 Å². The van der Waals surface area contributed by atoms with Crippen LogP contribution in [0.4, 0.5) is 0 Å². The predicted octanol–water partition coefficient (Wildman–Crippen LogP) is 12.0. The van der Waals surface area contributed by atoms with Crippen LogP contribution in [0.3, 0.4) is 0 Å². The first kappa shape index (κ1) is 16.3. The fourth-order valence-corrected chi connectivity index (χ4v) is 7.43. The maximum Gasteiger partial charge on any atom is 0.166 e. The van der Waals surface area contributed by atoms with E-state index < -0.39 is 125 Å². The quantitative estimate of drug-likeness (QED) is 0.183. The molecule has 0 fully saturated rings. The molecule has 0 saturated carbocycles. The highest BCUT2D eigenvalue weighted by Gasteiger charge is 2.21. The van der Waals surface area contributed by atoms with Gasteiger partial charge in [0.25, 0.3) is 0 Å². The average Bonchev–Trinajstić information content (AvgIpc) is 3.90. The topological polar surface area (TPSA) is 43.6 Å². The molecule has 4 nitrogen and oxygen atoms in total. The Balaban J connectivity index is 1.38. The highest BCUT2D eigenvalue weighted by Crippen LogP contribution is 2.41. The Morgan fingerprint density at radius 3 is 1.78 bits per heavy atom. The molecule has 10 rings (SSSR count). The van der Waals surface area contributed by atoms with Gasteiger partial charge in [0.2, 0.25) is 0 Å². The summed E-state index contributed by atoms with van der Waals surface area (Å²) in [6, 6.07) is 8.16. The normalized spacial score (nSPS) is 16.4. The summed E-state index contributed by atoms with van der Waals surface area (Å²) in [5.41, 5.74) is -1.12. The molecule has 0 N–H and O–H groups in total. The first-order valence-electron chi connectivity index (χ1n) is 23.8. The van der Waals surface area contributed by atoms with Crippen LogP contribution in [0, 0.1) is 0 Å². The fourth-order valence-electron chi connectivity index (χ4n) is 6.21. The molecule has 0 spiro atoms. The number of benzene rings is 7. The molecule has 0 aliphatic rings. The lowest BCUT2D eigenvalue weighted by atomic mass is 9.99. The van der Waals surface area contributed by atoms with Crippen molar-refractivity contribution in [3.8, 4) is 51.0 Å². The summed E-state index contributed by atoms with van der Waals surface area (Å²) in [7, 11) is 0. The summed E-state index contributed by atoms with van der Waals surface area (Å²) >= 11 is 1.44. The summed E-state index contributed by atoms with van der Waals surface area (Å²) in [6.07, 6.45) is 0. The zero-order chi connectivity index (χ0) is 47.8. The van der Waals surface area contributed by atoms with Gasteiger partial charge in [-0.25, -0.2) is 15.0 Å². The van der Waals surface area contributed by atoms with Crippen LogP contribution in [-0.4, -0.2) is 19.5 Å². The molecular weight excluding hydrogens is 629 g/mol. The third-order valence-electron chi connectivity index (χ3n) is 8.36. The molecule has 0 radical (unpaired) electrons. The summed E-state index contributed by atoms with van der Waals surface area (Å²) in [5.74, 6) is -0.588. The number of thiophene rings is 1. The van der Waals surface area contributed by atoms with Crippen molar-refractivity contribution >= 4 is 53.3 Å². The highest BCUT2D eigenvalue weighted by molar-refractivity contribution is 7.26. The summed E-state index contributed by atoms with van der Waals surface area (Å²) < 4.78 is 152. The minimum Gasteiger partial charge on any atom is -0.309 e. The van der Waals surface area contributed by atoms with Crippen molar-refractivity contribution in [2.75, 3.05) is 0 Å². The third kappa shape index (κ3) is 4.55. The van der Waals surface area contributed by atoms with Crippen molar-refractivity contribution in [3.63, 3.8) is 0 Å². The second-order valence-electron chi connectivity index (χ2n) is 11.1. The van der Waals surface area contributed by atoms with Gasteiger partial charge in [-0.15, -0.1) is 11.3 Å². The standard InChI is InChI=1S/C45H28N4S/c1-2-15-29(16-3-1)30-17-4-5-21-35(30)43-46-44(48-45(47-43)37-24-14-23-34-33-20-9-13-28-41(33)50-42(34)37)36-22-8-12-27-40(36)49-38-25-10-6-18-31(38)32-19-7-11-26-39(32)49/h1-28H/i1D,2D,3D,4D,5D,6D,7D,10D,11D,15D,16D,17D,18D,19D,21D,25D,26D. The van der Waals surface area contributed by atoms with Gasteiger partial charge in [0.1, 0.15) is 0 Å². The zero-order valence-corrected chi connectivity index (χ0v) is 26.4. The van der Waals surface area contributed by atoms with Crippen LogP contribution in [0.5, 0.6) is 0 Å². The van der Waals surface area contributed by atoms with Gasteiger partial charge in [0.15, 0.2) is 17.5 Å². The van der Waals surface area contributed by atoms with E-state index in [-0.39, 0.29) is 44.7 Å². The Morgan fingerprint density at radius 1 is 0.440 bits per heavy atom. The molecule has 50 heavy (non-hydrogen) atoms. The Hall–Kier alpha value is -6.43. The number of rotatable bonds is 5. The van der Waals surface area contributed by atoms with E-state index in [0.717, 1.165) is 20.2 Å². The molecule has 0 amide bonds. The maximum absolute atomic E-state index is 9.31. The van der Waals surface area contributed by atoms with Crippen molar-refractivity contribution in [3.05, 3.63) is 169 Å². The van der Waals surface area contributed by atoms with Gasteiger partial charge in [-0.05, 0) is 47.5 Å². The van der Waals surface area contributed by atoms with E-state index in [4.69, 9.17) is 36.9 Å². The van der Waals surface area contributed by atoms with E-state index >= 15 is 0 Å². The van der Waals surface area contributed by atoms with Crippen molar-refractivity contribution in [1.82, 2.24) is 19.5 Å². The van der Waals surface area contributed by atoms with Gasteiger partial charge in [-0.2, -0.15) is 0 Å². The van der Waals surface area contributed by atoms with E-state index in [1.54, 1.807) is 36.4 Å². The number of fused-ring (bicyclic) bond motifs is 6. The van der Waals surface area contributed by atoms with Gasteiger partial charge in [0.05, 0.1) is 40.0 Å². The molecule has 0 unspecified atom stereocenters. The van der Waals surface area contributed by atoms with E-state index in [9.17, 15) is 1.37 Å². The van der Waals surface area contributed by atoms with Crippen LogP contribution in [0.2, 0.25) is 0 Å². The Bertz CT molecular complexity index is 3760. The Kier molecular flexibility index (Phi) is 3.79. The number of hydrogen-bond donors (Lipinski definition) is 0. The second-order valence-corrected chi connectivity index (χ2v) is 12.2. The van der Waals surface area contributed by atoms with Gasteiger partial charge in [-0.1, -0.05) is 133 Å². The van der Waals surface area contributed by atoms with Crippen molar-refractivity contribution in [2.24, 2.45) is 0 Å². The molecular formula is C45H28N4S. The van der Waals surface area contributed by atoms with Gasteiger partial charge in [0, 0.05) is 47.6 Å². The molecule has 0 bridgehead atoms. The maximum atomic E-state index is 9.31. The van der Waals surface area contributed by atoms with Crippen molar-refractivity contribution < 1.29 is 23.3 Å². The third-order valence-corrected chi connectivity index (χ3v) is 9.58. The molecule has 0 atom stereocenters. The lowest BCUT2D eigenvalue weighted by molar-refractivity contribution is 1.07. The zero-order valence-electron chi connectivity index (χ0n) is 42.5. The van der Waals surface area contributed by atoms with Crippen LogP contribution in [0.1, 0.15) is 23.3 Å². The predicted molar refractivity (Wildman–Crippen MR) is 209 cm³/mol. The van der Waals surface area contributed by atoms with Crippen LogP contribution in [0.25, 0.3) is 93.0 Å². The average molecular weight is 674 g/mol. The number of para-hydroxylation sites is 3. The minimum absolute atomic E-state index is 0.0163. The lowest BCUT2D eigenvalue weighted by Gasteiger charge is -2.15. The SMILES string of the molecule is [2H]c1c([2H])c([2H])c(-c2c([2H])c([2H])c([2H])c([2H])c2-c2nc(-c3ccccc3-n3c4c([2H])c([2H])c([2H])c([2H])c4c4c([2H])c([2H])c([2H])c([2H])c43)nc(-c3cccc4c3sc3ccccc34)n2)c([2H])c1[2H]. The molecule has 0 aliphatic carbocycles. The number of aromatic nitrogens is 4. The summed E-state index contributed by atoms with van der Waals surface area (Å²) in [4.78, 5) is 14.7. The van der Waals surface area contributed by atoms with E-state index in [1.165, 1.54) is 15.9 Å². The van der Waals surface area contributed by atoms with E-state index in [0.29, 0.717) is 5.56 Å². The Morgan fingerprint density at radius 2 is 1.00 bits per heavy atom. The van der Waals surface area contributed by atoms with Crippen LogP contribution < -0.4 is 0 Å². The smallest absolute Gasteiger partial charge is 0.166 e. The summed E-state index contributed by atoms with van der Waals surface area (Å²) in [6.45, 7) is 0. The second kappa shape index (κ2) is 11.6. The largest absolute Gasteiger partial charge is 0.309 e. The van der Waals surface area contributed by atoms with E-state index in [1.807, 2.05) is 30.3 Å². The lowest BCUT2D eigenvalue weighted by Crippen LogP contribution is -2.04. The van der Waals surface area contributed by atoms with Crippen molar-refractivity contribution in [1.29, 1.82) is 0 Å². The van der Waals surface area contributed by atoms with Gasteiger partial charge < -0.3 is 4.57 Å². The molecule has 234 valence electrons. The molecule has 3 aromatic heterocycles. The minimum atomic E-state index is -0.758. The van der Waals surface area contributed by atoms with Gasteiger partial charge in [-0.3, -0.25) is 0 Å². The molecule has 3 heterocycles. The first-order chi connectivity index (χ1) is 31.9. The fraction of sp³-hybridized carbons (Fsp3) is 0. The number of hydrogen-bond acceptors (Lipinski definition) is 4. The molecule has 10 aromatic rings. The molecule has 5 heteroatoms. The monoisotopic (exact) mass is 673 g/mol. The number of nitrogens with zero attached hydrogens (tertiary/aromatic N) is 4. The van der Waals surface area contributed by atoms with Crippen LogP contribution in [-0.2, 0) is 0 Å². The Labute approximate surface area is 316 Å². The van der Waals surface area contributed by atoms with Gasteiger partial charge >= 0.3 is 0 Å². The van der Waals surface area contributed by atoms with Crippen LogP contribution in [0.15, 0.2) is 169 Å².